The van der Waals surface area contributed by atoms with Crippen LogP contribution < -0.4 is 0 Å². The maximum atomic E-state index is 12.2. The molecule has 1 saturated carbocycles. The minimum Gasteiger partial charge on any atom is -0.508 e. The van der Waals surface area contributed by atoms with Gasteiger partial charge in [0.15, 0.2) is 0 Å². The number of benzene rings is 1. The summed E-state index contributed by atoms with van der Waals surface area (Å²) in [6.45, 7) is 0.385. The second-order valence-corrected chi connectivity index (χ2v) is 4.38. The first-order valence-corrected chi connectivity index (χ1v) is 5.83. The summed E-state index contributed by atoms with van der Waals surface area (Å²) in [4.78, 5) is 13.9. The van der Waals surface area contributed by atoms with Crippen molar-refractivity contribution in [2.45, 2.75) is 25.3 Å². The van der Waals surface area contributed by atoms with Gasteiger partial charge in [-0.25, -0.2) is 0 Å². The van der Waals surface area contributed by atoms with Crippen LogP contribution in [0.4, 0.5) is 0 Å². The Morgan fingerprint density at radius 1 is 1.33 bits per heavy atom. The Bertz CT molecular complexity index is 483. The summed E-state index contributed by atoms with van der Waals surface area (Å²) in [5.41, 5.74) is 0.248. The van der Waals surface area contributed by atoms with Gasteiger partial charge in [-0.05, 0) is 25.0 Å². The van der Waals surface area contributed by atoms with Crippen molar-refractivity contribution in [3.63, 3.8) is 0 Å². The third-order valence-corrected chi connectivity index (χ3v) is 2.86. The van der Waals surface area contributed by atoms with Crippen molar-refractivity contribution < 1.29 is 15.0 Å². The molecule has 0 radical (unpaired) electrons. The molecule has 1 aromatic rings. The van der Waals surface area contributed by atoms with Crippen LogP contribution in [0.25, 0.3) is 0 Å². The number of aromatic hydroxyl groups is 2. The SMILES string of the molecule is N#CCCN(C(=O)c1cc(O)cc(O)c1)C1CC1. The van der Waals surface area contributed by atoms with Gasteiger partial charge in [0.1, 0.15) is 11.5 Å². The third-order valence-electron chi connectivity index (χ3n) is 2.86. The highest BCUT2D eigenvalue weighted by Gasteiger charge is 2.32. The van der Waals surface area contributed by atoms with E-state index in [0.717, 1.165) is 12.8 Å². The molecule has 5 nitrogen and oxygen atoms in total. The zero-order valence-electron chi connectivity index (χ0n) is 9.83. The highest BCUT2D eigenvalue weighted by atomic mass is 16.3. The van der Waals surface area contributed by atoms with E-state index in [1.807, 2.05) is 6.07 Å². The van der Waals surface area contributed by atoms with E-state index in [9.17, 15) is 15.0 Å². The zero-order valence-corrected chi connectivity index (χ0v) is 9.83. The number of rotatable bonds is 4. The van der Waals surface area contributed by atoms with Crippen molar-refractivity contribution in [1.82, 2.24) is 4.90 Å². The number of nitriles is 1. The molecular weight excluding hydrogens is 232 g/mol. The molecule has 2 N–H and O–H groups in total. The molecule has 94 valence electrons. The third kappa shape index (κ3) is 2.72. The lowest BCUT2D eigenvalue weighted by molar-refractivity contribution is 0.0746. The molecule has 2 rings (SSSR count). The van der Waals surface area contributed by atoms with Crippen molar-refractivity contribution in [2.75, 3.05) is 6.54 Å². The predicted octanol–water partition coefficient (Wildman–Crippen LogP) is 1.62. The highest BCUT2D eigenvalue weighted by molar-refractivity contribution is 5.95. The molecule has 1 aliphatic rings. The molecule has 0 bridgehead atoms. The van der Waals surface area contributed by atoms with Crippen LogP contribution in [0.5, 0.6) is 11.5 Å². The van der Waals surface area contributed by atoms with Gasteiger partial charge in [-0.2, -0.15) is 5.26 Å². The lowest BCUT2D eigenvalue weighted by Crippen LogP contribution is -2.33. The van der Waals surface area contributed by atoms with Gasteiger partial charge in [0.2, 0.25) is 0 Å². The molecule has 0 spiro atoms. The van der Waals surface area contributed by atoms with Crippen molar-refractivity contribution in [3.8, 4) is 17.6 Å². The summed E-state index contributed by atoms with van der Waals surface area (Å²) in [6.07, 6.45) is 2.18. The van der Waals surface area contributed by atoms with Crippen LogP contribution in [0.3, 0.4) is 0 Å². The van der Waals surface area contributed by atoms with E-state index in [4.69, 9.17) is 5.26 Å². The molecule has 0 atom stereocenters. The average Bonchev–Trinajstić information content (AvgIpc) is 3.12. The number of carbonyl (C=O) groups excluding carboxylic acids is 1. The van der Waals surface area contributed by atoms with Gasteiger partial charge in [0.25, 0.3) is 5.91 Å². The number of phenolic OH excluding ortho intramolecular Hbond substituents is 2. The number of hydrogen-bond acceptors (Lipinski definition) is 4. The largest absolute Gasteiger partial charge is 0.508 e. The Morgan fingerprint density at radius 2 is 1.94 bits per heavy atom. The van der Waals surface area contributed by atoms with Crippen molar-refractivity contribution in [3.05, 3.63) is 23.8 Å². The minimum atomic E-state index is -0.251. The maximum absolute atomic E-state index is 12.2. The molecule has 18 heavy (non-hydrogen) atoms. The fourth-order valence-electron chi connectivity index (χ4n) is 1.89. The van der Waals surface area contributed by atoms with Gasteiger partial charge in [0.05, 0.1) is 12.5 Å². The average molecular weight is 246 g/mol. The van der Waals surface area contributed by atoms with Gasteiger partial charge < -0.3 is 15.1 Å². The van der Waals surface area contributed by atoms with E-state index in [1.165, 1.54) is 18.2 Å². The Morgan fingerprint density at radius 3 is 2.44 bits per heavy atom. The lowest BCUT2D eigenvalue weighted by Gasteiger charge is -2.21. The lowest BCUT2D eigenvalue weighted by atomic mass is 10.1. The number of carbonyl (C=O) groups is 1. The van der Waals surface area contributed by atoms with E-state index < -0.39 is 0 Å². The summed E-state index contributed by atoms with van der Waals surface area (Å²) < 4.78 is 0. The van der Waals surface area contributed by atoms with Crippen LogP contribution in [-0.4, -0.2) is 33.6 Å². The fraction of sp³-hybridized carbons (Fsp3) is 0.385. The molecular formula is C13H14N2O3. The molecule has 5 heteroatoms. The van der Waals surface area contributed by atoms with Crippen LogP contribution in [0.15, 0.2) is 18.2 Å². The number of nitrogens with zero attached hydrogens (tertiary/aromatic N) is 2. The van der Waals surface area contributed by atoms with Crippen LogP contribution >= 0.6 is 0 Å². The Balaban J connectivity index is 2.19. The molecule has 1 fully saturated rings. The van der Waals surface area contributed by atoms with E-state index in [0.29, 0.717) is 6.54 Å². The summed E-state index contributed by atoms with van der Waals surface area (Å²) in [7, 11) is 0. The maximum Gasteiger partial charge on any atom is 0.254 e. The smallest absolute Gasteiger partial charge is 0.254 e. The number of phenols is 2. The van der Waals surface area contributed by atoms with Crippen LogP contribution in [0.2, 0.25) is 0 Å². The summed E-state index contributed by atoms with van der Waals surface area (Å²) >= 11 is 0. The van der Waals surface area contributed by atoms with Crippen LogP contribution in [-0.2, 0) is 0 Å². The van der Waals surface area contributed by atoms with Crippen molar-refractivity contribution in [1.29, 1.82) is 5.26 Å². The van der Waals surface area contributed by atoms with Crippen LogP contribution in [0.1, 0.15) is 29.6 Å². The second-order valence-electron chi connectivity index (χ2n) is 4.38. The first kappa shape index (κ1) is 12.2. The van der Waals surface area contributed by atoms with Gasteiger partial charge in [-0.1, -0.05) is 0 Å². The quantitative estimate of drug-likeness (QED) is 0.845. The standard InChI is InChI=1S/C13H14N2O3/c14-4-1-5-15(10-2-3-10)13(18)9-6-11(16)8-12(17)7-9/h6-8,10,16-17H,1-3,5H2. The molecule has 0 aliphatic heterocycles. The topological polar surface area (TPSA) is 84.6 Å². The monoisotopic (exact) mass is 246 g/mol. The Kier molecular flexibility index (Phi) is 3.38. The van der Waals surface area contributed by atoms with E-state index in [1.54, 1.807) is 4.90 Å². The molecule has 0 unspecified atom stereocenters. The Hall–Kier alpha value is -2.22. The summed E-state index contributed by atoms with van der Waals surface area (Å²) in [5.74, 6) is -0.539. The molecule has 0 saturated heterocycles. The van der Waals surface area contributed by atoms with Gasteiger partial charge in [0, 0.05) is 24.2 Å². The highest BCUT2D eigenvalue weighted by Crippen LogP contribution is 2.30. The molecule has 1 aliphatic carbocycles. The van der Waals surface area contributed by atoms with E-state index in [2.05, 4.69) is 0 Å². The molecule has 1 amide bonds. The first-order valence-electron chi connectivity index (χ1n) is 5.83. The van der Waals surface area contributed by atoms with Gasteiger partial charge in [-0.15, -0.1) is 0 Å². The van der Waals surface area contributed by atoms with Crippen molar-refractivity contribution >= 4 is 5.91 Å². The van der Waals surface area contributed by atoms with Crippen LogP contribution in [0, 0.1) is 11.3 Å². The van der Waals surface area contributed by atoms with Gasteiger partial charge >= 0.3 is 0 Å². The number of amides is 1. The van der Waals surface area contributed by atoms with E-state index >= 15 is 0 Å². The second kappa shape index (κ2) is 4.96. The predicted molar refractivity (Wildman–Crippen MR) is 64.1 cm³/mol. The zero-order chi connectivity index (χ0) is 13.1. The molecule has 0 heterocycles. The van der Waals surface area contributed by atoms with E-state index in [-0.39, 0.29) is 35.4 Å². The number of hydrogen-bond donors (Lipinski definition) is 2. The first-order chi connectivity index (χ1) is 8.61. The Labute approximate surface area is 105 Å². The summed E-state index contributed by atoms with van der Waals surface area (Å²) in [6, 6.07) is 6.03. The minimum absolute atomic E-state index is 0.144. The summed E-state index contributed by atoms with van der Waals surface area (Å²) in [5, 5.41) is 27.3. The fourth-order valence-corrected chi connectivity index (χ4v) is 1.89. The molecule has 1 aromatic carbocycles. The van der Waals surface area contributed by atoms with Crippen molar-refractivity contribution in [2.24, 2.45) is 0 Å². The molecule has 0 aromatic heterocycles. The normalized spacial score (nSPS) is 13.9. The van der Waals surface area contributed by atoms with Gasteiger partial charge in [-0.3, -0.25) is 4.79 Å².